The highest BCUT2D eigenvalue weighted by Gasteiger charge is 2.14. The van der Waals surface area contributed by atoms with Gasteiger partial charge in [0, 0.05) is 11.8 Å². The molecule has 0 aliphatic carbocycles. The van der Waals surface area contributed by atoms with Crippen LogP contribution in [0.3, 0.4) is 0 Å². The highest BCUT2D eigenvalue weighted by atomic mass is 35.5. The zero-order valence-electron chi connectivity index (χ0n) is 13.5. The summed E-state index contributed by atoms with van der Waals surface area (Å²) in [4.78, 5) is 20.8. The van der Waals surface area contributed by atoms with E-state index in [0.717, 1.165) is 5.56 Å². The van der Waals surface area contributed by atoms with Crippen LogP contribution in [0.1, 0.15) is 15.2 Å². The molecule has 6 nitrogen and oxygen atoms in total. The molecule has 0 spiro atoms. The van der Waals surface area contributed by atoms with Crippen molar-refractivity contribution in [2.45, 2.75) is 0 Å². The number of hydrogen-bond donors (Lipinski definition) is 1. The second-order valence-corrected chi connectivity index (χ2v) is 6.52. The highest BCUT2D eigenvalue weighted by Crippen LogP contribution is 2.31. The van der Waals surface area contributed by atoms with Gasteiger partial charge in [0.2, 0.25) is 0 Å². The van der Waals surface area contributed by atoms with Crippen LogP contribution in [0.15, 0.2) is 48.8 Å². The molecule has 8 heteroatoms. The van der Waals surface area contributed by atoms with Crippen LogP contribution < -0.4 is 5.32 Å². The fourth-order valence-corrected chi connectivity index (χ4v) is 3.28. The van der Waals surface area contributed by atoms with E-state index in [1.54, 1.807) is 24.4 Å². The van der Waals surface area contributed by atoms with Gasteiger partial charge in [0.25, 0.3) is 0 Å². The Hall–Kier alpha value is -2.95. The maximum absolute atomic E-state index is 12.1. The molecule has 1 N–H and O–H groups in total. The second-order valence-electron chi connectivity index (χ2n) is 5.08. The third kappa shape index (κ3) is 4.17. The van der Waals surface area contributed by atoms with Crippen LogP contribution in [0.2, 0.25) is 5.02 Å². The van der Waals surface area contributed by atoms with E-state index in [1.165, 1.54) is 17.5 Å². The number of ether oxygens (including phenoxy) is 1. The number of carbonyl (C=O) groups is 1. The van der Waals surface area contributed by atoms with Crippen LogP contribution in [0, 0.1) is 11.3 Å². The average Bonchev–Trinajstić information content (AvgIpc) is 3.16. The van der Waals surface area contributed by atoms with Crippen LogP contribution in [-0.4, -0.2) is 29.1 Å². The number of anilines is 1. The van der Waals surface area contributed by atoms with Crippen LogP contribution in [-0.2, 0) is 4.74 Å². The molecule has 1 aromatic carbocycles. The molecule has 130 valence electrons. The summed E-state index contributed by atoms with van der Waals surface area (Å²) in [5, 5.41) is 13.2. The lowest BCUT2D eigenvalue weighted by Gasteiger charge is -2.07. The first-order valence-corrected chi connectivity index (χ1v) is 8.85. The lowest BCUT2D eigenvalue weighted by atomic mass is 10.2. The van der Waals surface area contributed by atoms with E-state index < -0.39 is 5.97 Å². The van der Waals surface area contributed by atoms with Crippen molar-refractivity contribution in [1.82, 2.24) is 9.97 Å². The monoisotopic (exact) mass is 384 g/mol. The van der Waals surface area contributed by atoms with Crippen molar-refractivity contribution in [3.05, 3.63) is 64.3 Å². The van der Waals surface area contributed by atoms with E-state index >= 15 is 0 Å². The van der Waals surface area contributed by atoms with Gasteiger partial charge in [-0.25, -0.2) is 14.8 Å². The fraction of sp³-hybridized carbons (Fsp3) is 0.111. The lowest BCUT2D eigenvalue weighted by molar-refractivity contribution is 0.0526. The van der Waals surface area contributed by atoms with E-state index in [2.05, 4.69) is 15.3 Å². The molecule has 2 heterocycles. The number of hydrogen-bond acceptors (Lipinski definition) is 7. The first-order chi connectivity index (χ1) is 12.7. The third-order valence-corrected chi connectivity index (χ3v) is 4.71. The van der Waals surface area contributed by atoms with Gasteiger partial charge in [-0.2, -0.15) is 5.26 Å². The summed E-state index contributed by atoms with van der Waals surface area (Å²) < 4.78 is 5.23. The Morgan fingerprint density at radius 2 is 2.12 bits per heavy atom. The SMILES string of the molecule is N#Cc1cccnc1NCCOC(=O)c1cnc(-c2ccccc2Cl)s1. The lowest BCUT2D eigenvalue weighted by Crippen LogP contribution is -2.14. The molecule has 0 fully saturated rings. The van der Waals surface area contributed by atoms with Crippen molar-refractivity contribution < 1.29 is 9.53 Å². The number of rotatable bonds is 6. The maximum atomic E-state index is 12.1. The Bertz CT molecular complexity index is 968. The molecule has 3 aromatic rings. The number of thiazole rings is 1. The van der Waals surface area contributed by atoms with Gasteiger partial charge in [-0.15, -0.1) is 11.3 Å². The molecule has 26 heavy (non-hydrogen) atoms. The largest absolute Gasteiger partial charge is 0.460 e. The summed E-state index contributed by atoms with van der Waals surface area (Å²) in [6.07, 6.45) is 3.06. The Balaban J connectivity index is 1.55. The predicted molar refractivity (Wildman–Crippen MR) is 100 cm³/mol. The van der Waals surface area contributed by atoms with Crippen LogP contribution >= 0.6 is 22.9 Å². The Morgan fingerprint density at radius 1 is 1.27 bits per heavy atom. The first kappa shape index (κ1) is 17.9. The molecule has 0 aliphatic heterocycles. The molecular formula is C18H13ClN4O2S. The van der Waals surface area contributed by atoms with Crippen molar-refractivity contribution in [1.29, 1.82) is 5.26 Å². The second kappa shape index (κ2) is 8.43. The van der Waals surface area contributed by atoms with Crippen LogP contribution in [0.4, 0.5) is 5.82 Å². The number of nitriles is 1. The normalized spacial score (nSPS) is 10.2. The molecule has 0 saturated carbocycles. The van der Waals surface area contributed by atoms with E-state index in [9.17, 15) is 4.79 Å². The zero-order valence-corrected chi connectivity index (χ0v) is 15.0. The summed E-state index contributed by atoms with van der Waals surface area (Å²) in [6, 6.07) is 12.7. The minimum atomic E-state index is -0.455. The summed E-state index contributed by atoms with van der Waals surface area (Å²) in [6.45, 7) is 0.479. The van der Waals surface area contributed by atoms with Gasteiger partial charge in [-0.3, -0.25) is 0 Å². The van der Waals surface area contributed by atoms with Crippen molar-refractivity contribution in [3.8, 4) is 16.6 Å². The average molecular weight is 385 g/mol. The molecule has 0 aliphatic rings. The molecule has 2 aromatic heterocycles. The molecular weight excluding hydrogens is 372 g/mol. The third-order valence-electron chi connectivity index (χ3n) is 3.37. The minimum absolute atomic E-state index is 0.138. The number of benzene rings is 1. The Labute approximate surface area is 159 Å². The summed E-state index contributed by atoms with van der Waals surface area (Å²) in [5.74, 6) is 0.00831. The minimum Gasteiger partial charge on any atom is -0.460 e. The smallest absolute Gasteiger partial charge is 0.350 e. The van der Waals surface area contributed by atoms with Gasteiger partial charge in [-0.1, -0.05) is 29.8 Å². The van der Waals surface area contributed by atoms with Gasteiger partial charge < -0.3 is 10.1 Å². The zero-order chi connectivity index (χ0) is 18.4. The topological polar surface area (TPSA) is 87.9 Å². The molecule has 0 saturated heterocycles. The summed E-state index contributed by atoms with van der Waals surface area (Å²) in [5.41, 5.74) is 1.21. The van der Waals surface area contributed by atoms with E-state index in [0.29, 0.717) is 32.8 Å². The van der Waals surface area contributed by atoms with E-state index in [4.69, 9.17) is 21.6 Å². The van der Waals surface area contributed by atoms with Gasteiger partial charge in [0.05, 0.1) is 23.3 Å². The first-order valence-electron chi connectivity index (χ1n) is 7.66. The van der Waals surface area contributed by atoms with E-state index in [-0.39, 0.29) is 6.61 Å². The van der Waals surface area contributed by atoms with Crippen LogP contribution in [0.25, 0.3) is 10.6 Å². The predicted octanol–water partition coefficient (Wildman–Crippen LogP) is 4.00. The standard InChI is InChI=1S/C18H13ClN4O2S/c19-14-6-2-1-5-13(14)17-23-11-15(26-17)18(24)25-9-8-22-16-12(10-20)4-3-7-21-16/h1-7,11H,8-9H2,(H,21,22). The van der Waals surface area contributed by atoms with Crippen molar-refractivity contribution >= 4 is 34.7 Å². The quantitative estimate of drug-likeness (QED) is 0.510. The van der Waals surface area contributed by atoms with Gasteiger partial charge in [0.15, 0.2) is 0 Å². The van der Waals surface area contributed by atoms with Gasteiger partial charge in [0.1, 0.15) is 28.4 Å². The number of esters is 1. The number of carbonyl (C=O) groups excluding carboxylic acids is 1. The molecule has 0 amide bonds. The van der Waals surface area contributed by atoms with Crippen molar-refractivity contribution in [2.24, 2.45) is 0 Å². The molecule has 0 bridgehead atoms. The number of halogens is 1. The molecule has 0 atom stereocenters. The maximum Gasteiger partial charge on any atom is 0.350 e. The fourth-order valence-electron chi connectivity index (χ4n) is 2.15. The molecule has 3 rings (SSSR count). The van der Waals surface area contributed by atoms with Crippen molar-refractivity contribution in [2.75, 3.05) is 18.5 Å². The highest BCUT2D eigenvalue weighted by molar-refractivity contribution is 7.16. The van der Waals surface area contributed by atoms with E-state index in [1.807, 2.05) is 24.3 Å². The van der Waals surface area contributed by atoms with Gasteiger partial charge >= 0.3 is 5.97 Å². The van der Waals surface area contributed by atoms with Crippen LogP contribution in [0.5, 0.6) is 0 Å². The summed E-state index contributed by atoms with van der Waals surface area (Å²) >= 11 is 7.37. The van der Waals surface area contributed by atoms with Crippen molar-refractivity contribution in [3.63, 3.8) is 0 Å². The summed E-state index contributed by atoms with van der Waals surface area (Å²) in [7, 11) is 0. The number of nitrogens with one attached hydrogen (secondary N) is 1. The van der Waals surface area contributed by atoms with Gasteiger partial charge in [-0.05, 0) is 18.2 Å². The number of aromatic nitrogens is 2. The Kier molecular flexibility index (Phi) is 5.79. The molecule has 0 radical (unpaired) electrons. The number of pyridine rings is 1. The molecule has 0 unspecified atom stereocenters. The number of nitrogens with zero attached hydrogens (tertiary/aromatic N) is 3. The Morgan fingerprint density at radius 3 is 2.92 bits per heavy atom.